The molecule has 3 rings (SSSR count). The number of rotatable bonds is 2. The molecule has 0 radical (unpaired) electrons. The molecule has 1 aromatic heterocycles. The van der Waals surface area contributed by atoms with Crippen molar-refractivity contribution in [2.45, 2.75) is 44.8 Å². The molecule has 0 amide bonds. The molecule has 1 unspecified atom stereocenters. The Balaban J connectivity index is 1.93. The number of halogens is 1. The quantitative estimate of drug-likeness (QED) is 0.843. The molecule has 2 heterocycles. The van der Waals surface area contributed by atoms with Crippen LogP contribution in [0, 0.1) is 0 Å². The van der Waals surface area contributed by atoms with Gasteiger partial charge in [-0.05, 0) is 31.3 Å². The lowest BCUT2D eigenvalue weighted by molar-refractivity contribution is -0.118. The van der Waals surface area contributed by atoms with Crippen molar-refractivity contribution < 1.29 is 9.53 Å². The maximum Gasteiger partial charge on any atom is 0.288 e. The number of hydrogen-bond donors (Lipinski definition) is 0. The topological polar surface area (TPSA) is 61.2 Å². The summed E-state index contributed by atoms with van der Waals surface area (Å²) < 4.78 is 6.91. The van der Waals surface area contributed by atoms with Crippen LogP contribution in [0.5, 0.6) is 0 Å². The van der Waals surface area contributed by atoms with Crippen LogP contribution in [0.25, 0.3) is 5.57 Å². The summed E-state index contributed by atoms with van der Waals surface area (Å²) in [7, 11) is 0. The van der Waals surface area contributed by atoms with Crippen molar-refractivity contribution in [3.05, 3.63) is 33.2 Å². The summed E-state index contributed by atoms with van der Waals surface area (Å²) in [5.41, 5.74) is 1.25. The van der Waals surface area contributed by atoms with Gasteiger partial charge in [0.15, 0.2) is 6.23 Å². The van der Waals surface area contributed by atoms with Crippen LogP contribution < -0.4 is 5.56 Å². The summed E-state index contributed by atoms with van der Waals surface area (Å²) in [5.74, 6) is 0.215. The monoisotopic (exact) mass is 308 g/mol. The number of ketones is 1. The van der Waals surface area contributed by atoms with Gasteiger partial charge in [0.05, 0.1) is 6.20 Å². The van der Waals surface area contributed by atoms with Crippen molar-refractivity contribution >= 4 is 23.0 Å². The molecule has 1 fully saturated rings. The first-order valence-electron chi connectivity index (χ1n) is 7.27. The minimum absolute atomic E-state index is 0.166. The molecule has 2 aliphatic rings. The Bertz CT molecular complexity index is 645. The Hall–Kier alpha value is -1.46. The number of ether oxygens (including phenoxy) is 1. The number of Topliss-reactive ketones (excluding diaryl/α,β-unsaturated/α-hetero) is 1. The second-order valence-electron chi connectivity index (χ2n) is 5.42. The Labute approximate surface area is 127 Å². The van der Waals surface area contributed by atoms with Gasteiger partial charge in [0.2, 0.25) is 0 Å². The maximum atomic E-state index is 12.4. The van der Waals surface area contributed by atoms with E-state index in [1.54, 1.807) is 6.20 Å². The molecule has 0 saturated carbocycles. The molecule has 0 aromatic carbocycles. The van der Waals surface area contributed by atoms with E-state index in [0.29, 0.717) is 31.4 Å². The lowest BCUT2D eigenvalue weighted by Gasteiger charge is -2.24. The van der Waals surface area contributed by atoms with Gasteiger partial charge >= 0.3 is 0 Å². The van der Waals surface area contributed by atoms with Gasteiger partial charge in [0, 0.05) is 25.0 Å². The Kier molecular flexibility index (Phi) is 4.22. The third kappa shape index (κ3) is 2.94. The first kappa shape index (κ1) is 14.5. The second kappa shape index (κ2) is 6.12. The molecule has 6 heteroatoms. The van der Waals surface area contributed by atoms with E-state index in [9.17, 15) is 9.59 Å². The molecule has 1 atom stereocenters. The number of allylic oxidation sites excluding steroid dienone is 2. The predicted molar refractivity (Wildman–Crippen MR) is 79.2 cm³/mol. The number of hydrogen-bond acceptors (Lipinski definition) is 4. The molecule has 1 aliphatic carbocycles. The largest absolute Gasteiger partial charge is 0.356 e. The van der Waals surface area contributed by atoms with Crippen molar-refractivity contribution in [3.8, 4) is 0 Å². The first-order valence-corrected chi connectivity index (χ1v) is 7.64. The molecular formula is C15H17ClN2O3. The molecular weight excluding hydrogens is 292 g/mol. The van der Waals surface area contributed by atoms with Gasteiger partial charge in [0.1, 0.15) is 10.8 Å². The molecule has 1 aliphatic heterocycles. The third-order valence-electron chi connectivity index (χ3n) is 3.97. The van der Waals surface area contributed by atoms with Gasteiger partial charge < -0.3 is 4.74 Å². The Morgan fingerprint density at radius 2 is 2.14 bits per heavy atom. The van der Waals surface area contributed by atoms with Crippen LogP contribution >= 0.6 is 11.6 Å². The minimum Gasteiger partial charge on any atom is -0.356 e. The van der Waals surface area contributed by atoms with Gasteiger partial charge in [-0.1, -0.05) is 17.7 Å². The molecule has 1 saturated heterocycles. The van der Waals surface area contributed by atoms with Crippen LogP contribution in [0.2, 0.25) is 5.02 Å². The van der Waals surface area contributed by atoms with Gasteiger partial charge in [-0.25, -0.2) is 0 Å². The summed E-state index contributed by atoms with van der Waals surface area (Å²) >= 11 is 6.23. The van der Waals surface area contributed by atoms with Crippen LogP contribution in [0.4, 0.5) is 0 Å². The molecule has 0 N–H and O–H groups in total. The van der Waals surface area contributed by atoms with E-state index in [-0.39, 0.29) is 22.6 Å². The van der Waals surface area contributed by atoms with Crippen molar-refractivity contribution in [2.75, 3.05) is 6.61 Å². The highest BCUT2D eigenvalue weighted by atomic mass is 35.5. The lowest BCUT2D eigenvalue weighted by atomic mass is 9.94. The zero-order chi connectivity index (χ0) is 14.8. The van der Waals surface area contributed by atoms with Crippen LogP contribution in [-0.4, -0.2) is 22.2 Å². The van der Waals surface area contributed by atoms with Crippen LogP contribution in [0.1, 0.15) is 50.3 Å². The van der Waals surface area contributed by atoms with Crippen molar-refractivity contribution in [1.29, 1.82) is 0 Å². The SMILES string of the molecule is O=C1CC=C(c2cnn(C3CCCCO3)c(=O)c2Cl)CC1. The number of carbonyl (C=O) groups is 1. The summed E-state index contributed by atoms with van der Waals surface area (Å²) in [6, 6.07) is 0. The van der Waals surface area contributed by atoms with E-state index in [4.69, 9.17) is 16.3 Å². The zero-order valence-corrected chi connectivity index (χ0v) is 12.4. The minimum atomic E-state index is -0.320. The van der Waals surface area contributed by atoms with E-state index >= 15 is 0 Å². The Morgan fingerprint density at radius 3 is 2.81 bits per heavy atom. The van der Waals surface area contributed by atoms with Crippen LogP contribution in [-0.2, 0) is 9.53 Å². The molecule has 21 heavy (non-hydrogen) atoms. The number of aromatic nitrogens is 2. The smallest absolute Gasteiger partial charge is 0.288 e. The fraction of sp³-hybridized carbons (Fsp3) is 0.533. The molecule has 0 spiro atoms. The fourth-order valence-electron chi connectivity index (χ4n) is 2.75. The van der Waals surface area contributed by atoms with Gasteiger partial charge in [-0.2, -0.15) is 9.78 Å². The number of carbonyl (C=O) groups excluding carboxylic acids is 1. The highest BCUT2D eigenvalue weighted by molar-refractivity contribution is 6.32. The summed E-state index contributed by atoms with van der Waals surface area (Å²) in [6.07, 6.45) is 7.46. The third-order valence-corrected chi connectivity index (χ3v) is 4.33. The average molecular weight is 309 g/mol. The number of nitrogens with zero attached hydrogens (tertiary/aromatic N) is 2. The van der Waals surface area contributed by atoms with E-state index in [1.807, 2.05) is 6.08 Å². The average Bonchev–Trinajstić information content (AvgIpc) is 2.52. The van der Waals surface area contributed by atoms with Crippen molar-refractivity contribution in [1.82, 2.24) is 9.78 Å². The van der Waals surface area contributed by atoms with E-state index in [1.165, 1.54) is 4.68 Å². The predicted octanol–water partition coefficient (Wildman–Crippen LogP) is 2.73. The lowest BCUT2D eigenvalue weighted by Crippen LogP contribution is -2.31. The van der Waals surface area contributed by atoms with Crippen molar-refractivity contribution in [3.63, 3.8) is 0 Å². The second-order valence-corrected chi connectivity index (χ2v) is 5.79. The van der Waals surface area contributed by atoms with Gasteiger partial charge in [-0.15, -0.1) is 0 Å². The van der Waals surface area contributed by atoms with Crippen LogP contribution in [0.3, 0.4) is 0 Å². The zero-order valence-electron chi connectivity index (χ0n) is 11.7. The van der Waals surface area contributed by atoms with E-state index < -0.39 is 0 Å². The standard InChI is InChI=1S/C15H17ClN2O3/c16-14-12(10-4-6-11(19)7-5-10)9-17-18(15(14)20)13-3-1-2-8-21-13/h4,9,13H,1-3,5-8H2. The first-order chi connectivity index (χ1) is 10.2. The molecule has 1 aromatic rings. The summed E-state index contributed by atoms with van der Waals surface area (Å²) in [4.78, 5) is 23.7. The van der Waals surface area contributed by atoms with Gasteiger partial charge in [-0.3, -0.25) is 9.59 Å². The van der Waals surface area contributed by atoms with Crippen molar-refractivity contribution in [2.24, 2.45) is 0 Å². The highest BCUT2D eigenvalue weighted by Gasteiger charge is 2.22. The Morgan fingerprint density at radius 1 is 1.29 bits per heavy atom. The van der Waals surface area contributed by atoms with E-state index in [0.717, 1.165) is 24.8 Å². The fourth-order valence-corrected chi connectivity index (χ4v) is 3.01. The molecule has 0 bridgehead atoms. The highest BCUT2D eigenvalue weighted by Crippen LogP contribution is 2.29. The van der Waals surface area contributed by atoms with Crippen LogP contribution in [0.15, 0.2) is 17.1 Å². The molecule has 112 valence electrons. The van der Waals surface area contributed by atoms with E-state index in [2.05, 4.69) is 5.10 Å². The maximum absolute atomic E-state index is 12.4. The molecule has 5 nitrogen and oxygen atoms in total. The van der Waals surface area contributed by atoms with Gasteiger partial charge in [0.25, 0.3) is 5.56 Å². The normalized spacial score (nSPS) is 23.0. The summed E-state index contributed by atoms with van der Waals surface area (Å²) in [6.45, 7) is 0.644. The summed E-state index contributed by atoms with van der Waals surface area (Å²) in [5, 5.41) is 4.39.